The van der Waals surface area contributed by atoms with E-state index < -0.39 is 0 Å². The normalized spacial score (nSPS) is 18.1. The molecule has 2 rings (SSSR count). The first-order chi connectivity index (χ1) is 9.69. The zero-order chi connectivity index (χ0) is 14.4. The molecule has 0 N–H and O–H groups in total. The first-order valence-electron chi connectivity index (χ1n) is 6.78. The Morgan fingerprint density at radius 3 is 2.75 bits per heavy atom. The summed E-state index contributed by atoms with van der Waals surface area (Å²) in [4.78, 5) is 24.9. The Balaban J connectivity index is 2.03. The van der Waals surface area contributed by atoms with Crippen molar-refractivity contribution >= 4 is 11.9 Å². The number of nitrogens with zero attached hydrogens (tertiary/aromatic N) is 1. The Morgan fingerprint density at radius 1 is 1.40 bits per heavy atom. The summed E-state index contributed by atoms with van der Waals surface area (Å²) in [5, 5.41) is 0. The fourth-order valence-corrected chi connectivity index (χ4v) is 2.24. The van der Waals surface area contributed by atoms with Crippen molar-refractivity contribution in [2.75, 3.05) is 19.8 Å². The van der Waals surface area contributed by atoms with Gasteiger partial charge in [0.25, 0.3) is 0 Å². The number of carbonyl (C=O) groups excluding carboxylic acids is 2. The molecule has 1 aromatic rings. The van der Waals surface area contributed by atoms with Crippen LogP contribution in [0.4, 0.5) is 0 Å². The summed E-state index contributed by atoms with van der Waals surface area (Å²) in [5.74, 6) is -0.486. The van der Waals surface area contributed by atoms with Gasteiger partial charge in [0.2, 0.25) is 0 Å². The lowest BCUT2D eigenvalue weighted by Crippen LogP contribution is -2.39. The lowest BCUT2D eigenvalue weighted by Gasteiger charge is -2.25. The molecule has 1 unspecified atom stereocenters. The van der Waals surface area contributed by atoms with Crippen LogP contribution in [0.25, 0.3) is 0 Å². The fourth-order valence-electron chi connectivity index (χ4n) is 2.24. The largest absolute Gasteiger partial charge is 0.465 e. The van der Waals surface area contributed by atoms with Crippen LogP contribution >= 0.6 is 0 Å². The molecule has 1 atom stereocenters. The number of esters is 2. The molecule has 0 spiro atoms. The van der Waals surface area contributed by atoms with Crippen LogP contribution in [-0.2, 0) is 25.6 Å². The molecular weight excluding hydrogens is 258 g/mol. The van der Waals surface area contributed by atoms with E-state index in [1.807, 2.05) is 35.2 Å². The third kappa shape index (κ3) is 4.06. The molecule has 0 saturated carbocycles. The molecule has 1 aromatic carbocycles. The number of cyclic esters (lactones) is 1. The van der Waals surface area contributed by atoms with Gasteiger partial charge in [-0.15, -0.1) is 0 Å². The number of carbonyl (C=O) groups is 2. The van der Waals surface area contributed by atoms with Crippen LogP contribution in [0.1, 0.15) is 18.9 Å². The Labute approximate surface area is 118 Å². The highest BCUT2D eigenvalue weighted by Gasteiger charge is 2.30. The SMILES string of the molecule is CCOC(=O)CN(Cc1ccccc1)C1COC(=O)C1. The van der Waals surface area contributed by atoms with Gasteiger partial charge in [-0.25, -0.2) is 0 Å². The second-order valence-corrected chi connectivity index (χ2v) is 4.74. The van der Waals surface area contributed by atoms with Crippen molar-refractivity contribution in [3.05, 3.63) is 35.9 Å². The average molecular weight is 277 g/mol. The van der Waals surface area contributed by atoms with Gasteiger partial charge in [0.15, 0.2) is 0 Å². The third-order valence-corrected chi connectivity index (χ3v) is 3.22. The molecule has 0 radical (unpaired) electrons. The van der Waals surface area contributed by atoms with E-state index in [1.165, 1.54) is 0 Å². The molecule has 5 heteroatoms. The predicted octanol–water partition coefficient (Wildman–Crippen LogP) is 1.37. The molecule has 20 heavy (non-hydrogen) atoms. The molecule has 0 aliphatic carbocycles. The zero-order valence-electron chi connectivity index (χ0n) is 11.6. The number of benzene rings is 1. The van der Waals surface area contributed by atoms with E-state index in [-0.39, 0.29) is 24.5 Å². The summed E-state index contributed by atoms with van der Waals surface area (Å²) in [6.45, 7) is 3.25. The summed E-state index contributed by atoms with van der Waals surface area (Å²) in [6.07, 6.45) is 0.326. The summed E-state index contributed by atoms with van der Waals surface area (Å²) in [6, 6.07) is 9.78. The van der Waals surface area contributed by atoms with Gasteiger partial charge >= 0.3 is 11.9 Å². The van der Waals surface area contributed by atoms with Gasteiger partial charge in [-0.1, -0.05) is 30.3 Å². The standard InChI is InChI=1S/C15H19NO4/c1-2-19-15(18)10-16(13-8-14(17)20-11-13)9-12-6-4-3-5-7-12/h3-7,13H,2,8-11H2,1H3. The van der Waals surface area contributed by atoms with Crippen molar-refractivity contribution in [2.45, 2.75) is 25.9 Å². The third-order valence-electron chi connectivity index (χ3n) is 3.22. The summed E-state index contributed by atoms with van der Waals surface area (Å²) in [5.41, 5.74) is 1.09. The van der Waals surface area contributed by atoms with Gasteiger partial charge in [-0.3, -0.25) is 14.5 Å². The van der Waals surface area contributed by atoms with Gasteiger partial charge in [-0.05, 0) is 12.5 Å². The number of ether oxygens (including phenoxy) is 2. The molecule has 0 amide bonds. The molecule has 1 heterocycles. The minimum atomic E-state index is -0.275. The lowest BCUT2D eigenvalue weighted by atomic mass is 10.1. The molecule has 1 saturated heterocycles. The number of hydrogen-bond acceptors (Lipinski definition) is 5. The van der Waals surface area contributed by atoms with Crippen LogP contribution in [0.3, 0.4) is 0 Å². The van der Waals surface area contributed by atoms with Gasteiger partial charge in [-0.2, -0.15) is 0 Å². The minimum Gasteiger partial charge on any atom is -0.465 e. The van der Waals surface area contributed by atoms with Gasteiger partial charge in [0, 0.05) is 6.54 Å². The van der Waals surface area contributed by atoms with Crippen molar-refractivity contribution in [2.24, 2.45) is 0 Å². The molecule has 1 fully saturated rings. The predicted molar refractivity (Wildman–Crippen MR) is 72.8 cm³/mol. The van der Waals surface area contributed by atoms with E-state index in [1.54, 1.807) is 6.92 Å². The van der Waals surface area contributed by atoms with Crippen molar-refractivity contribution < 1.29 is 19.1 Å². The lowest BCUT2D eigenvalue weighted by molar-refractivity contribution is -0.145. The summed E-state index contributed by atoms with van der Waals surface area (Å²) in [7, 11) is 0. The second-order valence-electron chi connectivity index (χ2n) is 4.74. The van der Waals surface area contributed by atoms with E-state index in [9.17, 15) is 9.59 Å². The smallest absolute Gasteiger partial charge is 0.320 e. The van der Waals surface area contributed by atoms with E-state index >= 15 is 0 Å². The van der Waals surface area contributed by atoms with Crippen molar-refractivity contribution in [3.8, 4) is 0 Å². The van der Waals surface area contributed by atoms with E-state index in [4.69, 9.17) is 9.47 Å². The monoisotopic (exact) mass is 277 g/mol. The van der Waals surface area contributed by atoms with Crippen molar-refractivity contribution in [3.63, 3.8) is 0 Å². The van der Waals surface area contributed by atoms with Gasteiger partial charge < -0.3 is 9.47 Å². The summed E-state index contributed by atoms with van der Waals surface area (Å²) >= 11 is 0. The molecule has 1 aliphatic rings. The molecule has 5 nitrogen and oxygen atoms in total. The first-order valence-corrected chi connectivity index (χ1v) is 6.78. The highest BCUT2D eigenvalue weighted by Crippen LogP contribution is 2.17. The Hall–Kier alpha value is -1.88. The van der Waals surface area contributed by atoms with Crippen LogP contribution in [0.2, 0.25) is 0 Å². The molecule has 1 aliphatic heterocycles. The number of rotatable bonds is 6. The van der Waals surface area contributed by atoms with Gasteiger partial charge in [0.05, 0.1) is 25.6 Å². The zero-order valence-corrected chi connectivity index (χ0v) is 11.6. The highest BCUT2D eigenvalue weighted by molar-refractivity contribution is 5.73. The fraction of sp³-hybridized carbons (Fsp3) is 0.467. The average Bonchev–Trinajstić information content (AvgIpc) is 2.86. The van der Waals surface area contributed by atoms with Crippen molar-refractivity contribution in [1.82, 2.24) is 4.90 Å². The van der Waals surface area contributed by atoms with Crippen LogP contribution in [0.15, 0.2) is 30.3 Å². The van der Waals surface area contributed by atoms with Crippen LogP contribution in [-0.4, -0.2) is 42.6 Å². The topological polar surface area (TPSA) is 55.8 Å². The Kier molecular flexibility index (Phi) is 5.12. The molecule has 108 valence electrons. The van der Waals surface area contributed by atoms with Crippen LogP contribution in [0, 0.1) is 0 Å². The van der Waals surface area contributed by atoms with E-state index in [2.05, 4.69) is 0 Å². The number of hydrogen-bond donors (Lipinski definition) is 0. The maximum absolute atomic E-state index is 11.7. The minimum absolute atomic E-state index is 0.0629. The molecule has 0 aromatic heterocycles. The molecular formula is C15H19NO4. The second kappa shape index (κ2) is 7.05. The Morgan fingerprint density at radius 2 is 2.15 bits per heavy atom. The highest BCUT2D eigenvalue weighted by atomic mass is 16.5. The maximum atomic E-state index is 11.7. The van der Waals surface area contributed by atoms with Crippen molar-refractivity contribution in [1.29, 1.82) is 0 Å². The van der Waals surface area contributed by atoms with Crippen LogP contribution < -0.4 is 0 Å². The van der Waals surface area contributed by atoms with Gasteiger partial charge in [0.1, 0.15) is 6.61 Å². The molecule has 0 bridgehead atoms. The van der Waals surface area contributed by atoms with E-state index in [0.717, 1.165) is 5.56 Å². The Bertz CT molecular complexity index is 460. The quantitative estimate of drug-likeness (QED) is 0.735. The van der Waals surface area contributed by atoms with E-state index in [0.29, 0.717) is 26.2 Å². The first kappa shape index (κ1) is 14.5. The maximum Gasteiger partial charge on any atom is 0.320 e. The summed E-state index contributed by atoms with van der Waals surface area (Å²) < 4.78 is 9.98. The van der Waals surface area contributed by atoms with Crippen LogP contribution in [0.5, 0.6) is 0 Å².